The minimum absolute atomic E-state index is 0.0863. The molecule has 0 bridgehead atoms. The van der Waals surface area contributed by atoms with E-state index in [-0.39, 0.29) is 30.4 Å². The van der Waals surface area contributed by atoms with Gasteiger partial charge in [0.1, 0.15) is 5.52 Å². The quantitative estimate of drug-likeness (QED) is 0.681. The van der Waals surface area contributed by atoms with Gasteiger partial charge in [0.2, 0.25) is 0 Å². The molecule has 0 radical (unpaired) electrons. The number of benzene rings is 1. The lowest BCUT2D eigenvalue weighted by Gasteiger charge is -2.29. The molecular formula is C22H31N3O4. The lowest BCUT2D eigenvalue weighted by molar-refractivity contribution is -0.153. The highest BCUT2D eigenvalue weighted by molar-refractivity contribution is 5.81. The fraction of sp³-hybridized carbons (Fsp3) is 0.591. The Morgan fingerprint density at radius 3 is 2.62 bits per heavy atom. The molecular weight excluding hydrogens is 370 g/mol. The minimum Gasteiger partial charge on any atom is -0.455 e. The number of nitrogens with zero attached hydrogens (tertiary/aromatic N) is 2. The number of carbonyl (C=O) groups excluding carboxylic acids is 2. The first-order chi connectivity index (χ1) is 13.9. The third-order valence-electron chi connectivity index (χ3n) is 5.31. The summed E-state index contributed by atoms with van der Waals surface area (Å²) in [5.74, 6) is -0.125. The van der Waals surface area contributed by atoms with Crippen LogP contribution in [0.25, 0.3) is 11.1 Å². The summed E-state index contributed by atoms with van der Waals surface area (Å²) in [5, 5.41) is 2.89. The van der Waals surface area contributed by atoms with E-state index in [1.54, 1.807) is 0 Å². The second-order valence-corrected chi connectivity index (χ2v) is 8.27. The maximum atomic E-state index is 12.3. The molecule has 1 aliphatic heterocycles. The molecule has 1 aromatic carbocycles. The normalized spacial score (nSPS) is 16.2. The summed E-state index contributed by atoms with van der Waals surface area (Å²) in [6.07, 6.45) is 3.29. The number of piperidine rings is 1. The fourth-order valence-corrected chi connectivity index (χ4v) is 3.53. The Kier molecular flexibility index (Phi) is 7.12. The Bertz CT molecular complexity index is 791. The molecule has 158 valence electrons. The van der Waals surface area contributed by atoms with Crippen LogP contribution in [0.4, 0.5) is 6.01 Å². The standard InChI is InChI=1S/C22H31N3O4/c1-15(2)8-9-16(3)23-20(26)14-28-21(27)17-10-12-25(13-11-17)22-24-18-6-4-5-7-19(18)29-22/h4-7,15-17H,8-14H2,1-3H3,(H,23,26). The summed E-state index contributed by atoms with van der Waals surface area (Å²) >= 11 is 0. The first kappa shape index (κ1) is 21.1. The molecule has 1 aliphatic rings. The maximum absolute atomic E-state index is 12.3. The van der Waals surface area contributed by atoms with E-state index >= 15 is 0 Å². The molecule has 2 heterocycles. The number of nitrogens with one attached hydrogen (secondary N) is 1. The number of hydrogen-bond donors (Lipinski definition) is 1. The third kappa shape index (κ3) is 5.95. The molecule has 7 heteroatoms. The number of aromatic nitrogens is 1. The molecule has 1 unspecified atom stereocenters. The summed E-state index contributed by atoms with van der Waals surface area (Å²) in [6, 6.07) is 8.33. The van der Waals surface area contributed by atoms with Crippen LogP contribution in [0.3, 0.4) is 0 Å². The van der Waals surface area contributed by atoms with E-state index in [2.05, 4.69) is 24.1 Å². The average Bonchev–Trinajstić information content (AvgIpc) is 3.15. The molecule has 1 amide bonds. The van der Waals surface area contributed by atoms with E-state index in [1.807, 2.05) is 36.1 Å². The summed E-state index contributed by atoms with van der Waals surface area (Å²) in [5.41, 5.74) is 1.59. The predicted molar refractivity (Wildman–Crippen MR) is 112 cm³/mol. The summed E-state index contributed by atoms with van der Waals surface area (Å²) in [6.45, 7) is 7.42. The zero-order chi connectivity index (χ0) is 20.8. The van der Waals surface area contributed by atoms with Crippen LogP contribution >= 0.6 is 0 Å². The number of anilines is 1. The second kappa shape index (κ2) is 9.76. The van der Waals surface area contributed by atoms with Crippen LogP contribution in [0.2, 0.25) is 0 Å². The van der Waals surface area contributed by atoms with Crippen molar-refractivity contribution in [1.82, 2.24) is 10.3 Å². The monoisotopic (exact) mass is 401 g/mol. The molecule has 0 saturated carbocycles. The fourth-order valence-electron chi connectivity index (χ4n) is 3.53. The first-order valence-electron chi connectivity index (χ1n) is 10.5. The number of amides is 1. The van der Waals surface area contributed by atoms with Crippen molar-refractivity contribution in [1.29, 1.82) is 0 Å². The smallest absolute Gasteiger partial charge is 0.309 e. The Hall–Kier alpha value is -2.57. The molecule has 2 aromatic rings. The highest BCUT2D eigenvalue weighted by Gasteiger charge is 2.28. The van der Waals surface area contributed by atoms with Gasteiger partial charge in [-0.25, -0.2) is 0 Å². The lowest BCUT2D eigenvalue weighted by atomic mass is 9.97. The van der Waals surface area contributed by atoms with Gasteiger partial charge in [0.05, 0.1) is 5.92 Å². The van der Waals surface area contributed by atoms with Gasteiger partial charge in [-0.05, 0) is 50.7 Å². The van der Waals surface area contributed by atoms with Crippen molar-refractivity contribution < 1.29 is 18.7 Å². The van der Waals surface area contributed by atoms with Crippen LogP contribution in [0.15, 0.2) is 28.7 Å². The van der Waals surface area contributed by atoms with Gasteiger partial charge in [-0.15, -0.1) is 0 Å². The van der Waals surface area contributed by atoms with Crippen molar-refractivity contribution in [2.45, 2.75) is 52.5 Å². The van der Waals surface area contributed by atoms with Crippen molar-refractivity contribution in [2.24, 2.45) is 11.8 Å². The number of oxazole rings is 1. The van der Waals surface area contributed by atoms with Gasteiger partial charge < -0.3 is 19.4 Å². The zero-order valence-electron chi connectivity index (χ0n) is 17.5. The van der Waals surface area contributed by atoms with E-state index in [0.717, 1.165) is 23.9 Å². The van der Waals surface area contributed by atoms with E-state index in [0.29, 0.717) is 37.9 Å². The van der Waals surface area contributed by atoms with Gasteiger partial charge in [-0.1, -0.05) is 26.0 Å². The number of esters is 1. The van der Waals surface area contributed by atoms with Gasteiger partial charge in [-0.3, -0.25) is 9.59 Å². The first-order valence-corrected chi connectivity index (χ1v) is 10.5. The molecule has 1 N–H and O–H groups in total. The number of fused-ring (bicyclic) bond motifs is 1. The zero-order valence-corrected chi connectivity index (χ0v) is 17.5. The molecule has 3 rings (SSSR count). The largest absolute Gasteiger partial charge is 0.455 e. The van der Waals surface area contributed by atoms with E-state index in [4.69, 9.17) is 9.15 Å². The molecule has 1 atom stereocenters. The molecule has 0 aliphatic carbocycles. The summed E-state index contributed by atoms with van der Waals surface area (Å²) < 4.78 is 11.0. The molecule has 7 nitrogen and oxygen atoms in total. The Morgan fingerprint density at radius 1 is 1.21 bits per heavy atom. The van der Waals surface area contributed by atoms with E-state index < -0.39 is 0 Å². The summed E-state index contributed by atoms with van der Waals surface area (Å²) in [7, 11) is 0. The van der Waals surface area contributed by atoms with Crippen molar-refractivity contribution >= 4 is 29.0 Å². The van der Waals surface area contributed by atoms with Crippen LogP contribution in [-0.2, 0) is 14.3 Å². The SMILES string of the molecule is CC(C)CCC(C)NC(=O)COC(=O)C1CCN(c2nc3ccccc3o2)CC1. The van der Waals surface area contributed by atoms with Crippen LogP contribution in [0.5, 0.6) is 0 Å². The molecule has 1 aromatic heterocycles. The second-order valence-electron chi connectivity index (χ2n) is 8.27. The molecule has 29 heavy (non-hydrogen) atoms. The number of ether oxygens (including phenoxy) is 1. The van der Waals surface area contributed by atoms with Gasteiger partial charge >= 0.3 is 5.97 Å². The van der Waals surface area contributed by atoms with Crippen LogP contribution in [-0.4, -0.2) is 42.6 Å². The van der Waals surface area contributed by atoms with Gasteiger partial charge in [0.25, 0.3) is 11.9 Å². The van der Waals surface area contributed by atoms with Gasteiger partial charge in [0, 0.05) is 19.1 Å². The van der Waals surface area contributed by atoms with Crippen molar-refractivity contribution in [3.05, 3.63) is 24.3 Å². The predicted octanol–water partition coefficient (Wildman–Crippen LogP) is 3.53. The minimum atomic E-state index is -0.299. The summed E-state index contributed by atoms with van der Waals surface area (Å²) in [4.78, 5) is 30.9. The molecule has 1 saturated heterocycles. The number of hydrogen-bond acceptors (Lipinski definition) is 6. The Labute approximate surface area is 171 Å². The topological polar surface area (TPSA) is 84.7 Å². The highest BCUT2D eigenvalue weighted by Crippen LogP contribution is 2.26. The van der Waals surface area contributed by atoms with E-state index in [1.165, 1.54) is 0 Å². The van der Waals surface area contributed by atoms with Gasteiger partial charge in [0.15, 0.2) is 12.2 Å². The lowest BCUT2D eigenvalue weighted by Crippen LogP contribution is -2.39. The van der Waals surface area contributed by atoms with Crippen LogP contribution < -0.4 is 10.2 Å². The van der Waals surface area contributed by atoms with Crippen molar-refractivity contribution in [3.8, 4) is 0 Å². The van der Waals surface area contributed by atoms with Gasteiger partial charge in [-0.2, -0.15) is 4.98 Å². The highest BCUT2D eigenvalue weighted by atomic mass is 16.5. The number of para-hydroxylation sites is 2. The van der Waals surface area contributed by atoms with Crippen molar-refractivity contribution in [3.63, 3.8) is 0 Å². The molecule has 0 spiro atoms. The third-order valence-corrected chi connectivity index (χ3v) is 5.31. The maximum Gasteiger partial charge on any atom is 0.309 e. The van der Waals surface area contributed by atoms with Crippen molar-refractivity contribution in [2.75, 3.05) is 24.6 Å². The van der Waals surface area contributed by atoms with E-state index in [9.17, 15) is 9.59 Å². The Balaban J connectivity index is 1.40. The average molecular weight is 402 g/mol. The Morgan fingerprint density at radius 2 is 1.93 bits per heavy atom. The van der Waals surface area contributed by atoms with Crippen LogP contribution in [0.1, 0.15) is 46.5 Å². The number of rotatable bonds is 8. The number of carbonyl (C=O) groups is 2. The van der Waals surface area contributed by atoms with Crippen LogP contribution in [0, 0.1) is 11.8 Å². The molecule has 1 fully saturated rings.